The highest BCUT2D eigenvalue weighted by Crippen LogP contribution is 2.28. The Hall–Kier alpha value is -1.88. The van der Waals surface area contributed by atoms with Gasteiger partial charge in [-0.2, -0.15) is 0 Å². The number of amides is 1. The number of pyridine rings is 1. The summed E-state index contributed by atoms with van der Waals surface area (Å²) >= 11 is 1.47. The summed E-state index contributed by atoms with van der Waals surface area (Å²) in [6, 6.07) is 7.53. The van der Waals surface area contributed by atoms with Gasteiger partial charge in [0, 0.05) is 29.2 Å². The van der Waals surface area contributed by atoms with Gasteiger partial charge in [0.1, 0.15) is 0 Å². The highest BCUT2D eigenvalue weighted by molar-refractivity contribution is 7.17. The van der Waals surface area contributed by atoms with Crippen molar-refractivity contribution in [3.8, 4) is 16.3 Å². The van der Waals surface area contributed by atoms with E-state index in [1.165, 1.54) is 11.3 Å². The third-order valence-electron chi connectivity index (χ3n) is 2.60. The van der Waals surface area contributed by atoms with E-state index in [9.17, 15) is 4.79 Å². The molecular weight excluding hydrogens is 260 g/mol. The van der Waals surface area contributed by atoms with Gasteiger partial charge in [-0.15, -0.1) is 11.3 Å². The highest BCUT2D eigenvalue weighted by atomic mass is 32.1. The van der Waals surface area contributed by atoms with Crippen molar-refractivity contribution in [3.63, 3.8) is 0 Å². The van der Waals surface area contributed by atoms with Gasteiger partial charge >= 0.3 is 0 Å². The van der Waals surface area contributed by atoms with E-state index in [-0.39, 0.29) is 5.91 Å². The summed E-state index contributed by atoms with van der Waals surface area (Å²) in [6.07, 6.45) is 2.69. The lowest BCUT2D eigenvalue weighted by atomic mass is 10.2. The molecular formula is C14H16N2O2S. The highest BCUT2D eigenvalue weighted by Gasteiger charge is 2.09. The van der Waals surface area contributed by atoms with Crippen LogP contribution in [0.2, 0.25) is 0 Å². The van der Waals surface area contributed by atoms with E-state index in [0.717, 1.165) is 21.7 Å². The molecule has 100 valence electrons. The summed E-state index contributed by atoms with van der Waals surface area (Å²) in [5, 5.41) is 2.87. The molecule has 19 heavy (non-hydrogen) atoms. The molecule has 0 aliphatic carbocycles. The molecule has 2 aromatic heterocycles. The molecule has 1 N–H and O–H groups in total. The Balaban J connectivity index is 2.13. The SMILES string of the molecule is CCCNC(=O)c1ccc(-c2ccc(OC)nc2)s1. The zero-order valence-electron chi connectivity index (χ0n) is 11.0. The third kappa shape index (κ3) is 3.32. The van der Waals surface area contributed by atoms with Gasteiger partial charge in [-0.25, -0.2) is 4.98 Å². The van der Waals surface area contributed by atoms with Gasteiger partial charge in [0.2, 0.25) is 5.88 Å². The topological polar surface area (TPSA) is 51.2 Å². The van der Waals surface area contributed by atoms with Crippen LogP contribution < -0.4 is 10.1 Å². The molecule has 0 unspecified atom stereocenters. The van der Waals surface area contributed by atoms with Crippen LogP contribution in [0.25, 0.3) is 10.4 Å². The van der Waals surface area contributed by atoms with Crippen molar-refractivity contribution >= 4 is 17.2 Å². The molecule has 2 rings (SSSR count). The van der Waals surface area contributed by atoms with Crippen molar-refractivity contribution in [2.75, 3.05) is 13.7 Å². The number of nitrogens with one attached hydrogen (secondary N) is 1. The van der Waals surface area contributed by atoms with Crippen LogP contribution in [0.5, 0.6) is 5.88 Å². The van der Waals surface area contributed by atoms with Crippen molar-refractivity contribution < 1.29 is 9.53 Å². The fraction of sp³-hybridized carbons (Fsp3) is 0.286. The summed E-state index contributed by atoms with van der Waals surface area (Å²) in [6.45, 7) is 2.74. The molecule has 0 saturated heterocycles. The van der Waals surface area contributed by atoms with Crippen molar-refractivity contribution in [2.45, 2.75) is 13.3 Å². The Bertz CT molecular complexity index is 549. The Morgan fingerprint density at radius 1 is 1.37 bits per heavy atom. The molecule has 0 aliphatic rings. The van der Waals surface area contributed by atoms with E-state index in [4.69, 9.17) is 4.74 Å². The minimum absolute atomic E-state index is 0.0143. The second-order valence-electron chi connectivity index (χ2n) is 4.01. The minimum atomic E-state index is -0.0143. The van der Waals surface area contributed by atoms with Crippen LogP contribution in [-0.2, 0) is 0 Å². The number of carbonyl (C=O) groups excluding carboxylic acids is 1. The number of methoxy groups -OCH3 is 1. The zero-order chi connectivity index (χ0) is 13.7. The van der Waals surface area contributed by atoms with Crippen molar-refractivity contribution in [2.24, 2.45) is 0 Å². The van der Waals surface area contributed by atoms with E-state index in [2.05, 4.69) is 10.3 Å². The number of hydrogen-bond donors (Lipinski definition) is 1. The summed E-state index contributed by atoms with van der Waals surface area (Å²) < 4.78 is 5.02. The number of rotatable bonds is 5. The fourth-order valence-corrected chi connectivity index (χ4v) is 2.50. The van der Waals surface area contributed by atoms with Gasteiger partial charge in [0.25, 0.3) is 5.91 Å². The lowest BCUT2D eigenvalue weighted by Gasteiger charge is -2.01. The molecule has 0 saturated carbocycles. The number of hydrogen-bond acceptors (Lipinski definition) is 4. The Morgan fingerprint density at radius 2 is 2.21 bits per heavy atom. The van der Waals surface area contributed by atoms with E-state index in [1.807, 2.05) is 31.2 Å². The van der Waals surface area contributed by atoms with Gasteiger partial charge in [-0.05, 0) is 24.6 Å². The summed E-state index contributed by atoms with van der Waals surface area (Å²) in [4.78, 5) is 17.7. The van der Waals surface area contributed by atoms with Gasteiger partial charge in [0.15, 0.2) is 0 Å². The zero-order valence-corrected chi connectivity index (χ0v) is 11.8. The molecule has 4 nitrogen and oxygen atoms in total. The maximum atomic E-state index is 11.8. The molecule has 0 aliphatic heterocycles. The van der Waals surface area contributed by atoms with Gasteiger partial charge in [-0.3, -0.25) is 4.79 Å². The van der Waals surface area contributed by atoms with Crippen LogP contribution in [0.15, 0.2) is 30.5 Å². The number of carbonyl (C=O) groups is 1. The fourth-order valence-electron chi connectivity index (χ4n) is 1.59. The molecule has 0 aromatic carbocycles. The third-order valence-corrected chi connectivity index (χ3v) is 3.73. The average Bonchev–Trinajstić information content (AvgIpc) is 2.94. The molecule has 5 heteroatoms. The van der Waals surface area contributed by atoms with Crippen LogP contribution in [0.1, 0.15) is 23.0 Å². The standard InChI is InChI=1S/C14H16N2O2S/c1-3-8-15-14(17)12-6-5-11(19-12)10-4-7-13(18-2)16-9-10/h4-7,9H,3,8H2,1-2H3,(H,15,17). The number of thiophene rings is 1. The van der Waals surface area contributed by atoms with E-state index in [0.29, 0.717) is 12.4 Å². The molecule has 0 atom stereocenters. The maximum absolute atomic E-state index is 11.8. The Morgan fingerprint density at radius 3 is 2.84 bits per heavy atom. The van der Waals surface area contributed by atoms with Crippen LogP contribution in [-0.4, -0.2) is 24.5 Å². The smallest absolute Gasteiger partial charge is 0.261 e. The number of ether oxygens (including phenoxy) is 1. The lowest BCUT2D eigenvalue weighted by Crippen LogP contribution is -2.22. The molecule has 0 radical (unpaired) electrons. The summed E-state index contributed by atoms with van der Waals surface area (Å²) in [5.41, 5.74) is 0.986. The summed E-state index contributed by atoms with van der Waals surface area (Å²) in [5.74, 6) is 0.570. The van der Waals surface area contributed by atoms with Crippen LogP contribution in [0.4, 0.5) is 0 Å². The van der Waals surface area contributed by atoms with E-state index >= 15 is 0 Å². The molecule has 2 heterocycles. The first kappa shape index (κ1) is 13.5. The second-order valence-corrected chi connectivity index (χ2v) is 5.09. The first-order chi connectivity index (χ1) is 9.24. The van der Waals surface area contributed by atoms with Gasteiger partial charge < -0.3 is 10.1 Å². The molecule has 0 fully saturated rings. The lowest BCUT2D eigenvalue weighted by molar-refractivity contribution is 0.0957. The van der Waals surface area contributed by atoms with E-state index < -0.39 is 0 Å². The monoisotopic (exact) mass is 276 g/mol. The van der Waals surface area contributed by atoms with Gasteiger partial charge in [-0.1, -0.05) is 6.92 Å². The van der Waals surface area contributed by atoms with Crippen molar-refractivity contribution in [1.82, 2.24) is 10.3 Å². The second kappa shape index (κ2) is 6.33. The Labute approximate surface area is 116 Å². The molecule has 2 aromatic rings. The normalized spacial score (nSPS) is 10.2. The van der Waals surface area contributed by atoms with Crippen LogP contribution in [0.3, 0.4) is 0 Å². The predicted molar refractivity (Wildman–Crippen MR) is 76.7 cm³/mol. The van der Waals surface area contributed by atoms with E-state index in [1.54, 1.807) is 13.3 Å². The molecule has 0 bridgehead atoms. The first-order valence-corrected chi connectivity index (χ1v) is 6.94. The van der Waals surface area contributed by atoms with Crippen molar-refractivity contribution in [1.29, 1.82) is 0 Å². The van der Waals surface area contributed by atoms with Crippen LogP contribution in [0, 0.1) is 0 Å². The minimum Gasteiger partial charge on any atom is -0.481 e. The molecule has 0 spiro atoms. The number of nitrogens with zero attached hydrogens (tertiary/aromatic N) is 1. The average molecular weight is 276 g/mol. The predicted octanol–water partition coefficient (Wildman–Crippen LogP) is 2.96. The van der Waals surface area contributed by atoms with Crippen molar-refractivity contribution in [3.05, 3.63) is 35.3 Å². The van der Waals surface area contributed by atoms with Gasteiger partial charge in [0.05, 0.1) is 12.0 Å². The Kier molecular flexibility index (Phi) is 4.52. The maximum Gasteiger partial charge on any atom is 0.261 e. The largest absolute Gasteiger partial charge is 0.481 e. The quantitative estimate of drug-likeness (QED) is 0.913. The summed E-state index contributed by atoms with van der Waals surface area (Å²) in [7, 11) is 1.59. The molecule has 1 amide bonds. The first-order valence-electron chi connectivity index (χ1n) is 6.13. The number of aromatic nitrogens is 1. The van der Waals surface area contributed by atoms with Crippen LogP contribution >= 0.6 is 11.3 Å².